The van der Waals surface area contributed by atoms with Crippen LogP contribution < -0.4 is 0 Å². The lowest BCUT2D eigenvalue weighted by Gasteiger charge is -2.21. The third kappa shape index (κ3) is 6.88. The van der Waals surface area contributed by atoms with Crippen LogP contribution in [0.1, 0.15) is 19.8 Å². The average Bonchev–Trinajstić information content (AvgIpc) is 1.85. The fraction of sp³-hybridized carbons (Fsp3) is 0.875. The largest absolute Gasteiger partial charge is 0.418 e. The van der Waals surface area contributed by atoms with Gasteiger partial charge in [0.15, 0.2) is 13.4 Å². The molecule has 0 aromatic heterocycles. The second-order valence-electron chi connectivity index (χ2n) is 3.44. The van der Waals surface area contributed by atoms with E-state index in [4.69, 9.17) is 4.43 Å². The topological polar surface area (TPSA) is 26.3 Å². The molecule has 0 aliphatic carbocycles. The monoisotopic (exact) mass is 206 g/mol. The number of rotatable bonds is 6. The van der Waals surface area contributed by atoms with Crippen molar-refractivity contribution in [1.82, 2.24) is 0 Å². The molecule has 0 fully saturated rings. The van der Waals surface area contributed by atoms with Crippen LogP contribution in [0.15, 0.2) is 0 Å². The maximum atomic E-state index is 10.5. The molecule has 0 radical (unpaired) electrons. The van der Waals surface area contributed by atoms with Crippen LogP contribution in [0, 0.1) is 0 Å². The summed E-state index contributed by atoms with van der Waals surface area (Å²) in [5.41, 5.74) is 0. The molecule has 72 valence electrons. The van der Waals surface area contributed by atoms with Crippen LogP contribution >= 0.6 is 12.6 Å². The van der Waals surface area contributed by atoms with E-state index in [1.165, 1.54) is 0 Å². The molecule has 12 heavy (non-hydrogen) atoms. The lowest BCUT2D eigenvalue weighted by atomic mass is 10.4. The number of hydrogen-bond donors (Lipinski definition) is 1. The standard InChI is InChI=1S/C8H18O2SSi/c1-4-10-12(2,3)7-5-6-8(9)11/h4-7H2,1-3H3,(H,9,11). The molecule has 4 heteroatoms. The van der Waals surface area contributed by atoms with E-state index in [-0.39, 0.29) is 5.12 Å². The summed E-state index contributed by atoms with van der Waals surface area (Å²) < 4.78 is 5.61. The highest BCUT2D eigenvalue weighted by molar-refractivity contribution is 7.96. The molecule has 0 rings (SSSR count). The minimum absolute atomic E-state index is 0.0173. The van der Waals surface area contributed by atoms with Crippen molar-refractivity contribution in [2.75, 3.05) is 6.61 Å². The van der Waals surface area contributed by atoms with Gasteiger partial charge in [-0.3, -0.25) is 4.79 Å². The minimum atomic E-state index is -1.46. The first kappa shape index (κ1) is 12.2. The van der Waals surface area contributed by atoms with Crippen LogP contribution in [0.4, 0.5) is 0 Å². The number of thiol groups is 1. The van der Waals surface area contributed by atoms with Gasteiger partial charge in [-0.25, -0.2) is 0 Å². The highest BCUT2D eigenvalue weighted by Crippen LogP contribution is 2.15. The van der Waals surface area contributed by atoms with E-state index in [0.29, 0.717) is 6.42 Å². The molecule has 0 aliphatic heterocycles. The van der Waals surface area contributed by atoms with Crippen LogP contribution in [0.5, 0.6) is 0 Å². The number of carbonyl (C=O) groups excluding carboxylic acids is 1. The number of hydrogen-bond acceptors (Lipinski definition) is 2. The third-order valence-electron chi connectivity index (χ3n) is 1.70. The Morgan fingerprint density at radius 1 is 1.50 bits per heavy atom. The van der Waals surface area contributed by atoms with E-state index in [2.05, 4.69) is 25.7 Å². The normalized spacial score (nSPS) is 11.7. The van der Waals surface area contributed by atoms with Gasteiger partial charge in [-0.05, 0) is 32.5 Å². The summed E-state index contributed by atoms with van der Waals surface area (Å²) in [6.45, 7) is 7.16. The van der Waals surface area contributed by atoms with Crippen LogP contribution in [-0.2, 0) is 9.22 Å². The van der Waals surface area contributed by atoms with Crippen molar-refractivity contribution in [1.29, 1.82) is 0 Å². The Balaban J connectivity index is 3.53. The average molecular weight is 206 g/mol. The Labute approximate surface area is 81.2 Å². The lowest BCUT2D eigenvalue weighted by molar-refractivity contribution is -0.110. The van der Waals surface area contributed by atoms with Crippen LogP contribution in [0.25, 0.3) is 0 Å². The Bertz CT molecular complexity index is 148. The van der Waals surface area contributed by atoms with E-state index >= 15 is 0 Å². The van der Waals surface area contributed by atoms with Gasteiger partial charge >= 0.3 is 0 Å². The maximum Gasteiger partial charge on any atom is 0.186 e. The molecule has 0 saturated carbocycles. The van der Waals surface area contributed by atoms with Crippen molar-refractivity contribution in [3.63, 3.8) is 0 Å². The van der Waals surface area contributed by atoms with Gasteiger partial charge in [0.1, 0.15) is 0 Å². The third-order valence-corrected chi connectivity index (χ3v) is 4.56. The Morgan fingerprint density at radius 2 is 2.08 bits per heavy atom. The first-order valence-electron chi connectivity index (χ1n) is 4.33. The summed E-state index contributed by atoms with van der Waals surface area (Å²) >= 11 is 3.72. The summed E-state index contributed by atoms with van der Waals surface area (Å²) in [4.78, 5) is 10.5. The molecular weight excluding hydrogens is 188 g/mol. The molecule has 0 spiro atoms. The highest BCUT2D eigenvalue weighted by Gasteiger charge is 2.20. The SMILES string of the molecule is CCO[Si](C)(C)CCCC(=O)S. The van der Waals surface area contributed by atoms with Crippen LogP contribution in [0.3, 0.4) is 0 Å². The summed E-state index contributed by atoms with van der Waals surface area (Å²) in [7, 11) is -1.46. The zero-order valence-corrected chi connectivity index (χ0v) is 9.99. The van der Waals surface area contributed by atoms with Crippen molar-refractivity contribution in [3.8, 4) is 0 Å². The van der Waals surface area contributed by atoms with Gasteiger partial charge < -0.3 is 4.43 Å². The molecule has 0 N–H and O–H groups in total. The molecule has 0 amide bonds. The van der Waals surface area contributed by atoms with Gasteiger partial charge in [-0.1, -0.05) is 0 Å². The van der Waals surface area contributed by atoms with Gasteiger partial charge in [0, 0.05) is 13.0 Å². The van der Waals surface area contributed by atoms with E-state index in [9.17, 15) is 4.79 Å². The highest BCUT2D eigenvalue weighted by atomic mass is 32.1. The molecular formula is C8H18O2SSi. The Kier molecular flexibility index (Phi) is 5.87. The second kappa shape index (κ2) is 5.78. The molecule has 0 saturated heterocycles. The minimum Gasteiger partial charge on any atom is -0.418 e. The lowest BCUT2D eigenvalue weighted by Crippen LogP contribution is -2.29. The zero-order valence-electron chi connectivity index (χ0n) is 8.09. The summed E-state index contributed by atoms with van der Waals surface area (Å²) in [6, 6.07) is 1.05. The predicted molar refractivity (Wildman–Crippen MR) is 57.1 cm³/mol. The molecule has 0 heterocycles. The van der Waals surface area contributed by atoms with Crippen molar-refractivity contribution in [2.24, 2.45) is 0 Å². The van der Waals surface area contributed by atoms with Crippen LogP contribution in [0.2, 0.25) is 19.1 Å². The maximum absolute atomic E-state index is 10.5. The van der Waals surface area contributed by atoms with Gasteiger partial charge in [0.2, 0.25) is 0 Å². The molecule has 2 nitrogen and oxygen atoms in total. The van der Waals surface area contributed by atoms with Crippen LogP contribution in [-0.4, -0.2) is 20.0 Å². The fourth-order valence-electron chi connectivity index (χ4n) is 1.13. The van der Waals surface area contributed by atoms with E-state index in [1.54, 1.807) is 0 Å². The molecule has 0 aliphatic rings. The second-order valence-corrected chi connectivity index (χ2v) is 8.25. The number of carbonyl (C=O) groups is 1. The van der Waals surface area contributed by atoms with Gasteiger partial charge in [0.25, 0.3) is 0 Å². The molecule has 0 aromatic carbocycles. The first-order valence-corrected chi connectivity index (χ1v) is 7.90. The van der Waals surface area contributed by atoms with Gasteiger partial charge in [-0.2, -0.15) is 0 Å². The smallest absolute Gasteiger partial charge is 0.186 e. The van der Waals surface area contributed by atoms with Crippen molar-refractivity contribution in [2.45, 2.75) is 38.9 Å². The van der Waals surface area contributed by atoms with Gasteiger partial charge in [-0.15, -0.1) is 12.6 Å². The van der Waals surface area contributed by atoms with E-state index in [1.807, 2.05) is 6.92 Å². The summed E-state index contributed by atoms with van der Waals surface area (Å²) in [6.07, 6.45) is 1.49. The summed E-state index contributed by atoms with van der Waals surface area (Å²) in [5.74, 6) is 0. The Hall–Kier alpha value is 0.197. The molecule has 0 atom stereocenters. The predicted octanol–water partition coefficient (Wildman–Crippen LogP) is 2.46. The molecule has 0 bridgehead atoms. The zero-order chi connectivity index (χ0) is 9.61. The van der Waals surface area contributed by atoms with E-state index < -0.39 is 8.32 Å². The quantitative estimate of drug-likeness (QED) is 0.534. The summed E-state index contributed by atoms with van der Waals surface area (Å²) in [5, 5.41) is -0.0173. The van der Waals surface area contributed by atoms with E-state index in [0.717, 1.165) is 19.1 Å². The Morgan fingerprint density at radius 3 is 2.50 bits per heavy atom. The van der Waals surface area contributed by atoms with Crippen molar-refractivity contribution >= 4 is 26.1 Å². The van der Waals surface area contributed by atoms with Crippen molar-refractivity contribution in [3.05, 3.63) is 0 Å². The molecule has 0 aromatic rings. The van der Waals surface area contributed by atoms with Gasteiger partial charge in [0.05, 0.1) is 0 Å². The molecule has 0 unspecified atom stereocenters. The fourth-order valence-corrected chi connectivity index (χ4v) is 3.24. The first-order chi connectivity index (χ1) is 5.48. The van der Waals surface area contributed by atoms with Crippen molar-refractivity contribution < 1.29 is 9.22 Å².